The predicted octanol–water partition coefficient (Wildman–Crippen LogP) is 2.21. The van der Waals surface area contributed by atoms with E-state index >= 15 is 0 Å². The summed E-state index contributed by atoms with van der Waals surface area (Å²) in [4.78, 5) is 0. The fourth-order valence-corrected chi connectivity index (χ4v) is 3.44. The Kier molecular flexibility index (Phi) is 10.5. The van der Waals surface area contributed by atoms with Crippen molar-refractivity contribution < 1.29 is 14.4 Å². The Hall–Kier alpha value is -1.26. The van der Waals surface area contributed by atoms with Crippen LogP contribution in [0.5, 0.6) is 5.75 Å². The van der Waals surface area contributed by atoms with Crippen LogP contribution in [0.4, 0.5) is 0 Å². The number of nitriles is 1. The average Bonchev–Trinajstić information content (AvgIpc) is 2.60. The Morgan fingerprint density at radius 1 is 1.29 bits per heavy atom. The summed E-state index contributed by atoms with van der Waals surface area (Å²) < 4.78 is 17.2. The lowest BCUT2D eigenvalue weighted by molar-refractivity contribution is 0.103. The summed E-state index contributed by atoms with van der Waals surface area (Å²) in [5.74, 6) is 2.10. The van der Waals surface area contributed by atoms with Gasteiger partial charge in [0.1, 0.15) is 30.0 Å². The van der Waals surface area contributed by atoms with Crippen molar-refractivity contribution in [1.29, 1.82) is 5.26 Å². The summed E-state index contributed by atoms with van der Waals surface area (Å²) in [5, 5.41) is 22.1. The minimum atomic E-state index is -0.738. The quantitative estimate of drug-likeness (QED) is 0.563. The molecule has 0 saturated carbocycles. The highest BCUT2D eigenvalue weighted by molar-refractivity contribution is 7.91. The number of nitrogens with one attached hydrogen (secondary N) is 1. The standard InChI is InChI=1S/C18H28N2O3S/c1-3-10-24(22)11-9-16(4-2)20-13-17(21)14-23-18-7-5-15(12-19)6-8-18/h5-8,16-17,20-21H,3-4,9-11,13-14H2,1-2H3. The lowest BCUT2D eigenvalue weighted by Gasteiger charge is -2.20. The van der Waals surface area contributed by atoms with Gasteiger partial charge in [-0.25, -0.2) is 0 Å². The molecule has 0 heterocycles. The number of aliphatic hydroxyl groups is 1. The van der Waals surface area contributed by atoms with Crippen molar-refractivity contribution in [3.63, 3.8) is 0 Å². The molecule has 5 nitrogen and oxygen atoms in total. The van der Waals surface area contributed by atoms with E-state index in [1.165, 1.54) is 0 Å². The Bertz CT molecular complexity index is 490. The van der Waals surface area contributed by atoms with E-state index in [1.54, 1.807) is 24.3 Å². The number of rotatable bonds is 12. The molecule has 1 aromatic carbocycles. The zero-order valence-electron chi connectivity index (χ0n) is 14.5. The van der Waals surface area contributed by atoms with E-state index in [0.717, 1.165) is 25.0 Å². The van der Waals surface area contributed by atoms with Crippen LogP contribution in [0.25, 0.3) is 0 Å². The molecule has 0 aliphatic rings. The Morgan fingerprint density at radius 2 is 2.00 bits per heavy atom. The van der Waals surface area contributed by atoms with Gasteiger partial charge in [0.05, 0.1) is 11.6 Å². The van der Waals surface area contributed by atoms with E-state index in [0.29, 0.717) is 23.6 Å². The van der Waals surface area contributed by atoms with Crippen LogP contribution < -0.4 is 10.1 Å². The summed E-state index contributed by atoms with van der Waals surface area (Å²) in [6, 6.07) is 9.11. The number of nitrogens with zero attached hydrogens (tertiary/aromatic N) is 1. The van der Waals surface area contributed by atoms with E-state index in [4.69, 9.17) is 10.00 Å². The third-order valence-corrected chi connectivity index (χ3v) is 5.24. The normalized spacial score (nSPS) is 14.6. The fraction of sp³-hybridized carbons (Fsp3) is 0.611. The van der Waals surface area contributed by atoms with Crippen LogP contribution in [0.2, 0.25) is 0 Å². The molecule has 24 heavy (non-hydrogen) atoms. The first kappa shape index (κ1) is 20.8. The topological polar surface area (TPSA) is 88.3 Å². The van der Waals surface area contributed by atoms with Gasteiger partial charge in [0.25, 0.3) is 0 Å². The zero-order valence-corrected chi connectivity index (χ0v) is 15.3. The first-order chi connectivity index (χ1) is 11.6. The Balaban J connectivity index is 2.25. The lowest BCUT2D eigenvalue weighted by atomic mass is 10.1. The van der Waals surface area contributed by atoms with Gasteiger partial charge in [0.15, 0.2) is 0 Å². The minimum Gasteiger partial charge on any atom is -0.616 e. The Morgan fingerprint density at radius 3 is 2.58 bits per heavy atom. The molecule has 3 atom stereocenters. The van der Waals surface area contributed by atoms with E-state index < -0.39 is 17.3 Å². The molecule has 0 fully saturated rings. The minimum absolute atomic E-state index is 0.192. The van der Waals surface area contributed by atoms with Crippen molar-refractivity contribution in [1.82, 2.24) is 5.32 Å². The van der Waals surface area contributed by atoms with E-state index in [9.17, 15) is 9.66 Å². The molecule has 0 bridgehead atoms. The second kappa shape index (κ2) is 12.2. The van der Waals surface area contributed by atoms with Gasteiger partial charge >= 0.3 is 0 Å². The van der Waals surface area contributed by atoms with Gasteiger partial charge in [0, 0.05) is 19.0 Å². The van der Waals surface area contributed by atoms with Crippen molar-refractivity contribution in [2.45, 2.75) is 45.3 Å². The molecular formula is C18H28N2O3S. The van der Waals surface area contributed by atoms with Crippen molar-refractivity contribution in [3.8, 4) is 11.8 Å². The number of hydrogen-bond acceptors (Lipinski definition) is 5. The monoisotopic (exact) mass is 352 g/mol. The summed E-state index contributed by atoms with van der Waals surface area (Å²) in [5.41, 5.74) is 0.579. The molecule has 0 aliphatic heterocycles. The molecule has 0 spiro atoms. The fourth-order valence-electron chi connectivity index (χ4n) is 2.23. The summed E-state index contributed by atoms with van der Waals surface area (Å²) in [6.45, 7) is 4.75. The van der Waals surface area contributed by atoms with Gasteiger partial charge in [-0.3, -0.25) is 0 Å². The SMILES string of the molecule is CCC[S+]([O-])CCC(CC)NCC(O)COc1ccc(C#N)cc1. The maximum atomic E-state index is 11.7. The molecule has 0 saturated heterocycles. The second-order valence-corrected chi connectivity index (χ2v) is 7.45. The second-order valence-electron chi connectivity index (χ2n) is 5.75. The van der Waals surface area contributed by atoms with Crippen LogP contribution in [-0.4, -0.2) is 46.5 Å². The molecule has 3 unspecified atom stereocenters. The summed E-state index contributed by atoms with van der Waals surface area (Å²) in [7, 11) is 0. The molecule has 0 amide bonds. The average molecular weight is 353 g/mol. The van der Waals surface area contributed by atoms with Crippen molar-refractivity contribution in [2.24, 2.45) is 0 Å². The number of aliphatic hydroxyl groups excluding tert-OH is 1. The third kappa shape index (κ3) is 8.55. The first-order valence-corrected chi connectivity index (χ1v) is 9.97. The van der Waals surface area contributed by atoms with Crippen LogP contribution in [-0.2, 0) is 11.2 Å². The number of ether oxygens (including phenoxy) is 1. The molecule has 0 aliphatic carbocycles. The number of benzene rings is 1. The molecule has 0 aromatic heterocycles. The van der Waals surface area contributed by atoms with Gasteiger partial charge < -0.3 is 19.7 Å². The van der Waals surface area contributed by atoms with Crippen molar-refractivity contribution in [3.05, 3.63) is 29.8 Å². The molecule has 0 radical (unpaired) electrons. The van der Waals surface area contributed by atoms with Crippen LogP contribution >= 0.6 is 0 Å². The number of hydrogen-bond donors (Lipinski definition) is 2. The maximum Gasteiger partial charge on any atom is 0.119 e. The summed E-state index contributed by atoms with van der Waals surface area (Å²) >= 11 is -0.738. The van der Waals surface area contributed by atoms with Gasteiger partial charge in [-0.2, -0.15) is 5.26 Å². The molecule has 134 valence electrons. The molecule has 1 rings (SSSR count). The van der Waals surface area contributed by atoms with Crippen molar-refractivity contribution >= 4 is 11.2 Å². The van der Waals surface area contributed by atoms with Gasteiger partial charge in [-0.05, 0) is 37.1 Å². The van der Waals surface area contributed by atoms with Crippen molar-refractivity contribution in [2.75, 3.05) is 24.7 Å². The highest BCUT2D eigenvalue weighted by Crippen LogP contribution is 2.11. The maximum absolute atomic E-state index is 11.7. The molecular weight excluding hydrogens is 324 g/mol. The van der Waals surface area contributed by atoms with Crippen LogP contribution in [0, 0.1) is 11.3 Å². The van der Waals surface area contributed by atoms with Gasteiger partial charge in [0.2, 0.25) is 0 Å². The molecule has 6 heteroatoms. The highest BCUT2D eigenvalue weighted by atomic mass is 32.2. The largest absolute Gasteiger partial charge is 0.616 e. The van der Waals surface area contributed by atoms with E-state index in [-0.39, 0.29) is 12.6 Å². The van der Waals surface area contributed by atoms with Gasteiger partial charge in [-0.15, -0.1) is 0 Å². The molecule has 2 N–H and O–H groups in total. The zero-order chi connectivity index (χ0) is 17.8. The van der Waals surface area contributed by atoms with Crippen LogP contribution in [0.1, 0.15) is 38.7 Å². The van der Waals surface area contributed by atoms with Gasteiger partial charge in [-0.1, -0.05) is 25.0 Å². The lowest BCUT2D eigenvalue weighted by Crippen LogP contribution is -2.38. The predicted molar refractivity (Wildman–Crippen MR) is 97.5 cm³/mol. The van der Waals surface area contributed by atoms with E-state index in [1.807, 2.05) is 13.0 Å². The summed E-state index contributed by atoms with van der Waals surface area (Å²) in [6.07, 6.45) is 2.12. The Labute approximate surface area is 148 Å². The van der Waals surface area contributed by atoms with E-state index in [2.05, 4.69) is 12.2 Å². The smallest absolute Gasteiger partial charge is 0.119 e. The third-order valence-electron chi connectivity index (χ3n) is 3.69. The molecule has 1 aromatic rings. The first-order valence-electron chi connectivity index (χ1n) is 8.48. The highest BCUT2D eigenvalue weighted by Gasteiger charge is 2.13. The van der Waals surface area contributed by atoms with Crippen LogP contribution in [0.15, 0.2) is 24.3 Å². The van der Waals surface area contributed by atoms with Crippen LogP contribution in [0.3, 0.4) is 0 Å².